The van der Waals surface area contributed by atoms with Crippen molar-refractivity contribution in [3.05, 3.63) is 82.8 Å². The highest BCUT2D eigenvalue weighted by atomic mass is 35.5. The molecule has 1 fully saturated rings. The molecule has 1 aliphatic heterocycles. The smallest absolute Gasteiger partial charge is 0.270 e. The average molecular weight is 427 g/mol. The predicted octanol–water partition coefficient (Wildman–Crippen LogP) is 4.57. The van der Waals surface area contributed by atoms with Gasteiger partial charge in [-0.1, -0.05) is 11.6 Å². The summed E-state index contributed by atoms with van der Waals surface area (Å²) in [4.78, 5) is 26.5. The van der Waals surface area contributed by atoms with Crippen LogP contribution in [-0.2, 0) is 9.59 Å². The van der Waals surface area contributed by atoms with Gasteiger partial charge in [0.05, 0.1) is 5.69 Å². The molecule has 0 bridgehead atoms. The number of halogens is 2. The SMILES string of the molecule is O=C1NC(=S)N(c2ccc(Cl)cc2)C(=O)C1=Cc1ccc(-c2ccc(F)cc2)o1. The molecule has 1 aliphatic rings. The molecule has 29 heavy (non-hydrogen) atoms. The molecule has 5 nitrogen and oxygen atoms in total. The van der Waals surface area contributed by atoms with Crippen molar-refractivity contribution >= 4 is 52.5 Å². The minimum Gasteiger partial charge on any atom is -0.457 e. The number of rotatable bonds is 3. The van der Waals surface area contributed by atoms with Gasteiger partial charge in [0.1, 0.15) is 22.9 Å². The van der Waals surface area contributed by atoms with Gasteiger partial charge in [0.15, 0.2) is 5.11 Å². The van der Waals surface area contributed by atoms with E-state index in [0.29, 0.717) is 27.8 Å². The van der Waals surface area contributed by atoms with Gasteiger partial charge in [0, 0.05) is 10.6 Å². The van der Waals surface area contributed by atoms with Crippen molar-refractivity contribution in [1.29, 1.82) is 0 Å². The van der Waals surface area contributed by atoms with E-state index < -0.39 is 11.8 Å². The van der Waals surface area contributed by atoms with E-state index in [2.05, 4.69) is 5.32 Å². The van der Waals surface area contributed by atoms with Crippen molar-refractivity contribution in [3.8, 4) is 11.3 Å². The number of benzene rings is 2. The maximum atomic E-state index is 13.1. The van der Waals surface area contributed by atoms with E-state index in [1.165, 1.54) is 23.1 Å². The van der Waals surface area contributed by atoms with Gasteiger partial charge in [0.2, 0.25) is 0 Å². The van der Waals surface area contributed by atoms with Crippen LogP contribution >= 0.6 is 23.8 Å². The second-order valence-corrected chi connectivity index (χ2v) is 6.97. The molecule has 2 aromatic carbocycles. The number of nitrogens with zero attached hydrogens (tertiary/aromatic N) is 1. The fraction of sp³-hybridized carbons (Fsp3) is 0. The minimum absolute atomic E-state index is 0.0223. The topological polar surface area (TPSA) is 62.6 Å². The van der Waals surface area contributed by atoms with Gasteiger partial charge in [-0.15, -0.1) is 0 Å². The lowest BCUT2D eigenvalue weighted by atomic mass is 10.1. The standard InChI is InChI=1S/C21H12ClFN2O3S/c22-13-3-7-15(8-4-13)25-20(27)17(19(26)24-21(25)29)11-16-9-10-18(28-16)12-1-5-14(23)6-2-12/h1-11H,(H,24,26,29). The van der Waals surface area contributed by atoms with Crippen molar-refractivity contribution in [2.45, 2.75) is 0 Å². The van der Waals surface area contributed by atoms with Gasteiger partial charge in [-0.3, -0.25) is 19.8 Å². The molecular weight excluding hydrogens is 415 g/mol. The first-order valence-corrected chi connectivity index (χ1v) is 9.24. The van der Waals surface area contributed by atoms with Gasteiger partial charge in [-0.2, -0.15) is 0 Å². The van der Waals surface area contributed by atoms with E-state index in [9.17, 15) is 14.0 Å². The summed E-state index contributed by atoms with van der Waals surface area (Å²) in [6, 6.07) is 15.6. The molecule has 144 valence electrons. The van der Waals surface area contributed by atoms with Crippen LogP contribution in [0.25, 0.3) is 17.4 Å². The number of anilines is 1. The molecule has 1 aromatic heterocycles. The van der Waals surface area contributed by atoms with Crippen LogP contribution in [0.15, 0.2) is 70.7 Å². The third kappa shape index (κ3) is 3.83. The summed E-state index contributed by atoms with van der Waals surface area (Å²) in [7, 11) is 0. The lowest BCUT2D eigenvalue weighted by molar-refractivity contribution is -0.122. The molecule has 0 aliphatic carbocycles. The van der Waals surface area contributed by atoms with Crippen LogP contribution in [0.1, 0.15) is 5.76 Å². The normalized spacial score (nSPS) is 15.7. The van der Waals surface area contributed by atoms with Gasteiger partial charge in [-0.05, 0) is 79.0 Å². The van der Waals surface area contributed by atoms with Crippen LogP contribution < -0.4 is 10.2 Å². The number of nitrogens with one attached hydrogen (secondary N) is 1. The Morgan fingerprint density at radius 3 is 2.38 bits per heavy atom. The van der Waals surface area contributed by atoms with Crippen LogP contribution in [-0.4, -0.2) is 16.9 Å². The van der Waals surface area contributed by atoms with E-state index in [1.54, 1.807) is 48.5 Å². The first-order chi connectivity index (χ1) is 13.9. The van der Waals surface area contributed by atoms with Gasteiger partial charge >= 0.3 is 0 Å². The van der Waals surface area contributed by atoms with Crippen molar-refractivity contribution in [2.75, 3.05) is 4.90 Å². The monoisotopic (exact) mass is 426 g/mol. The summed E-state index contributed by atoms with van der Waals surface area (Å²) in [5.41, 5.74) is 1.01. The maximum absolute atomic E-state index is 13.1. The highest BCUT2D eigenvalue weighted by molar-refractivity contribution is 7.80. The predicted molar refractivity (Wildman–Crippen MR) is 112 cm³/mol. The number of carbonyl (C=O) groups is 2. The highest BCUT2D eigenvalue weighted by Gasteiger charge is 2.34. The molecule has 1 N–H and O–H groups in total. The number of amides is 2. The Kier molecular flexibility index (Phi) is 5.00. The number of hydrogen-bond acceptors (Lipinski definition) is 4. The molecular formula is C21H12ClFN2O3S. The van der Waals surface area contributed by atoms with Crippen molar-refractivity contribution in [3.63, 3.8) is 0 Å². The number of furan rings is 1. The number of hydrogen-bond donors (Lipinski definition) is 1. The zero-order valence-corrected chi connectivity index (χ0v) is 16.3. The molecule has 0 radical (unpaired) electrons. The van der Waals surface area contributed by atoms with E-state index in [1.807, 2.05) is 0 Å². The maximum Gasteiger partial charge on any atom is 0.270 e. The molecule has 0 saturated carbocycles. The van der Waals surface area contributed by atoms with Gasteiger partial charge in [-0.25, -0.2) is 4.39 Å². The summed E-state index contributed by atoms with van der Waals surface area (Å²) in [6.45, 7) is 0. The Bertz CT molecular complexity index is 1150. The lowest BCUT2D eigenvalue weighted by Crippen LogP contribution is -2.54. The molecule has 3 aromatic rings. The van der Waals surface area contributed by atoms with E-state index in [0.717, 1.165) is 0 Å². The van der Waals surface area contributed by atoms with E-state index in [-0.39, 0.29) is 16.5 Å². The molecule has 4 rings (SSSR count). The van der Waals surface area contributed by atoms with E-state index >= 15 is 0 Å². The van der Waals surface area contributed by atoms with Crippen LogP contribution in [0, 0.1) is 5.82 Å². The first kappa shape index (κ1) is 19.0. The zero-order valence-electron chi connectivity index (χ0n) is 14.7. The van der Waals surface area contributed by atoms with Crippen LogP contribution in [0.2, 0.25) is 5.02 Å². The van der Waals surface area contributed by atoms with Crippen molar-refractivity contribution in [1.82, 2.24) is 5.32 Å². The summed E-state index contributed by atoms with van der Waals surface area (Å²) in [5, 5.41) is 2.99. The molecule has 2 heterocycles. The Morgan fingerprint density at radius 1 is 1.00 bits per heavy atom. The Hall–Kier alpha value is -3.29. The molecule has 0 atom stereocenters. The first-order valence-electron chi connectivity index (χ1n) is 8.45. The third-order valence-corrected chi connectivity index (χ3v) is 4.77. The Morgan fingerprint density at radius 2 is 1.69 bits per heavy atom. The number of thiocarbonyl (C=S) groups is 1. The second kappa shape index (κ2) is 7.62. The largest absolute Gasteiger partial charge is 0.457 e. The summed E-state index contributed by atoms with van der Waals surface area (Å²) in [5.74, 6) is -0.784. The average Bonchev–Trinajstić information content (AvgIpc) is 3.16. The van der Waals surface area contributed by atoms with Crippen LogP contribution in [0.5, 0.6) is 0 Å². The second-order valence-electron chi connectivity index (χ2n) is 6.14. The molecule has 0 unspecified atom stereocenters. The summed E-state index contributed by atoms with van der Waals surface area (Å²) < 4.78 is 18.8. The van der Waals surface area contributed by atoms with Gasteiger partial charge in [0.25, 0.3) is 11.8 Å². The summed E-state index contributed by atoms with van der Waals surface area (Å²) >= 11 is 11.0. The minimum atomic E-state index is -0.620. The van der Waals surface area contributed by atoms with Crippen LogP contribution in [0.4, 0.5) is 10.1 Å². The summed E-state index contributed by atoms with van der Waals surface area (Å²) in [6.07, 6.45) is 1.34. The van der Waals surface area contributed by atoms with Crippen LogP contribution in [0.3, 0.4) is 0 Å². The fourth-order valence-electron chi connectivity index (χ4n) is 2.82. The third-order valence-electron chi connectivity index (χ3n) is 4.23. The molecule has 8 heteroatoms. The van der Waals surface area contributed by atoms with Crippen molar-refractivity contribution in [2.24, 2.45) is 0 Å². The quantitative estimate of drug-likeness (QED) is 0.378. The lowest BCUT2D eigenvalue weighted by Gasteiger charge is -2.28. The highest BCUT2D eigenvalue weighted by Crippen LogP contribution is 2.26. The Labute approximate surface area is 175 Å². The number of carbonyl (C=O) groups excluding carboxylic acids is 2. The molecule has 0 spiro atoms. The fourth-order valence-corrected chi connectivity index (χ4v) is 3.23. The Balaban J connectivity index is 1.66. The van der Waals surface area contributed by atoms with E-state index in [4.69, 9.17) is 28.2 Å². The van der Waals surface area contributed by atoms with Crippen molar-refractivity contribution < 1.29 is 18.4 Å². The van der Waals surface area contributed by atoms with Gasteiger partial charge < -0.3 is 4.42 Å². The zero-order chi connectivity index (χ0) is 20.5. The molecule has 1 saturated heterocycles. The molecule has 2 amide bonds.